The molecule has 1 atom stereocenters. The Labute approximate surface area is 231 Å². The standard InChI is InChI=1S/C32H26ClFN2O3/c1-38-30-6-4-3-5-22(30)17-26(32(37)36-24-12-13-28(33)31(19-24)39-2)21-9-7-20(8-10-21)25-15-16-35-29-14-11-23(34)18-27(25)29/h3-16,18-19,26H,17H2,1-2H3,(H,36,37). The van der Waals surface area contributed by atoms with E-state index in [4.69, 9.17) is 21.1 Å². The minimum Gasteiger partial charge on any atom is -0.496 e. The van der Waals surface area contributed by atoms with E-state index >= 15 is 0 Å². The highest BCUT2D eigenvalue weighted by molar-refractivity contribution is 6.32. The van der Waals surface area contributed by atoms with Crippen molar-refractivity contribution in [2.45, 2.75) is 12.3 Å². The lowest BCUT2D eigenvalue weighted by molar-refractivity contribution is -0.117. The molecule has 5 aromatic rings. The van der Waals surface area contributed by atoms with Gasteiger partial charge in [-0.1, -0.05) is 54.1 Å². The molecule has 0 saturated heterocycles. The molecule has 4 aromatic carbocycles. The number of fused-ring (bicyclic) bond motifs is 1. The number of nitrogens with zero attached hydrogens (tertiary/aromatic N) is 1. The van der Waals surface area contributed by atoms with E-state index in [2.05, 4.69) is 10.3 Å². The van der Waals surface area contributed by atoms with E-state index in [1.807, 2.05) is 54.6 Å². The number of carbonyl (C=O) groups excluding carboxylic acids is 1. The van der Waals surface area contributed by atoms with Gasteiger partial charge in [0.1, 0.15) is 17.3 Å². The quantitative estimate of drug-likeness (QED) is 0.219. The highest BCUT2D eigenvalue weighted by atomic mass is 35.5. The molecule has 0 radical (unpaired) electrons. The van der Waals surface area contributed by atoms with Crippen LogP contribution < -0.4 is 14.8 Å². The molecular weight excluding hydrogens is 515 g/mol. The number of anilines is 1. The van der Waals surface area contributed by atoms with Crippen LogP contribution in [0.1, 0.15) is 17.0 Å². The maximum atomic E-state index is 14.0. The summed E-state index contributed by atoms with van der Waals surface area (Å²) in [5.74, 6) is 0.158. The maximum absolute atomic E-state index is 14.0. The fraction of sp³-hybridized carbons (Fsp3) is 0.125. The number of benzene rings is 4. The van der Waals surface area contributed by atoms with Crippen LogP contribution in [0, 0.1) is 5.82 Å². The van der Waals surface area contributed by atoms with E-state index < -0.39 is 5.92 Å². The summed E-state index contributed by atoms with van der Waals surface area (Å²) < 4.78 is 24.9. The van der Waals surface area contributed by atoms with Gasteiger partial charge < -0.3 is 14.8 Å². The number of rotatable bonds is 8. The van der Waals surface area contributed by atoms with Crippen LogP contribution in [0.15, 0.2) is 97.2 Å². The van der Waals surface area contributed by atoms with Gasteiger partial charge >= 0.3 is 0 Å². The van der Waals surface area contributed by atoms with E-state index in [1.54, 1.807) is 37.6 Å². The van der Waals surface area contributed by atoms with Crippen molar-refractivity contribution in [3.05, 3.63) is 119 Å². The Hall–Kier alpha value is -4.42. The van der Waals surface area contributed by atoms with Crippen molar-refractivity contribution in [3.63, 3.8) is 0 Å². The fourth-order valence-electron chi connectivity index (χ4n) is 4.69. The number of ether oxygens (including phenoxy) is 2. The van der Waals surface area contributed by atoms with Gasteiger partial charge in [-0.3, -0.25) is 9.78 Å². The third kappa shape index (κ3) is 5.71. The van der Waals surface area contributed by atoms with Crippen molar-refractivity contribution >= 4 is 34.1 Å². The molecule has 0 spiro atoms. The molecule has 1 aromatic heterocycles. The van der Waals surface area contributed by atoms with Crippen molar-refractivity contribution in [2.24, 2.45) is 0 Å². The number of para-hydroxylation sites is 1. The highest BCUT2D eigenvalue weighted by Gasteiger charge is 2.23. The zero-order valence-electron chi connectivity index (χ0n) is 21.4. The van der Waals surface area contributed by atoms with E-state index in [9.17, 15) is 9.18 Å². The number of aromatic nitrogens is 1. The fourth-order valence-corrected chi connectivity index (χ4v) is 4.88. The van der Waals surface area contributed by atoms with Gasteiger partial charge in [0.2, 0.25) is 5.91 Å². The zero-order chi connectivity index (χ0) is 27.4. The topological polar surface area (TPSA) is 60.5 Å². The predicted octanol–water partition coefficient (Wildman–Crippen LogP) is 7.68. The molecule has 1 unspecified atom stereocenters. The van der Waals surface area contributed by atoms with Crippen LogP contribution in [0.25, 0.3) is 22.0 Å². The molecule has 0 saturated carbocycles. The summed E-state index contributed by atoms with van der Waals surface area (Å²) in [7, 11) is 3.14. The van der Waals surface area contributed by atoms with Crippen LogP contribution in [0.3, 0.4) is 0 Å². The van der Waals surface area contributed by atoms with Crippen LogP contribution in [0.4, 0.5) is 10.1 Å². The Morgan fingerprint density at radius 3 is 2.46 bits per heavy atom. The molecule has 5 rings (SSSR count). The molecule has 196 valence electrons. The zero-order valence-corrected chi connectivity index (χ0v) is 22.2. The average Bonchev–Trinajstić information content (AvgIpc) is 2.96. The number of carbonyl (C=O) groups is 1. The molecule has 1 N–H and O–H groups in total. The molecule has 0 aliphatic rings. The molecule has 0 fully saturated rings. The van der Waals surface area contributed by atoms with E-state index in [0.29, 0.717) is 34.1 Å². The van der Waals surface area contributed by atoms with Crippen LogP contribution in [0.5, 0.6) is 11.5 Å². The summed E-state index contributed by atoms with van der Waals surface area (Å²) in [5.41, 5.74) is 4.79. The van der Waals surface area contributed by atoms with Crippen LogP contribution in [-0.2, 0) is 11.2 Å². The Kier molecular flexibility index (Phi) is 7.75. The second-order valence-electron chi connectivity index (χ2n) is 9.05. The molecule has 0 aliphatic carbocycles. The second-order valence-corrected chi connectivity index (χ2v) is 9.46. The van der Waals surface area contributed by atoms with Crippen molar-refractivity contribution in [1.82, 2.24) is 4.98 Å². The van der Waals surface area contributed by atoms with Crippen molar-refractivity contribution < 1.29 is 18.7 Å². The van der Waals surface area contributed by atoms with E-state index in [1.165, 1.54) is 19.2 Å². The number of hydrogen-bond donors (Lipinski definition) is 1. The first kappa shape index (κ1) is 26.2. The van der Waals surface area contributed by atoms with Gasteiger partial charge in [-0.25, -0.2) is 4.39 Å². The highest BCUT2D eigenvalue weighted by Crippen LogP contribution is 2.33. The molecule has 0 bridgehead atoms. The van der Waals surface area contributed by atoms with Gasteiger partial charge in [0, 0.05) is 23.3 Å². The first-order chi connectivity index (χ1) is 19.0. The van der Waals surface area contributed by atoms with Gasteiger partial charge in [-0.05, 0) is 71.1 Å². The van der Waals surface area contributed by atoms with E-state index in [0.717, 1.165) is 27.6 Å². The van der Waals surface area contributed by atoms with Gasteiger partial charge in [-0.15, -0.1) is 0 Å². The minimum atomic E-state index is -0.524. The van der Waals surface area contributed by atoms with Crippen LogP contribution >= 0.6 is 11.6 Å². The second kappa shape index (κ2) is 11.5. The number of hydrogen-bond acceptors (Lipinski definition) is 4. The Morgan fingerprint density at radius 1 is 0.923 bits per heavy atom. The smallest absolute Gasteiger partial charge is 0.232 e. The molecule has 1 amide bonds. The number of pyridine rings is 1. The maximum Gasteiger partial charge on any atom is 0.232 e. The number of nitrogens with one attached hydrogen (secondary N) is 1. The SMILES string of the molecule is COc1cc(NC(=O)C(Cc2ccccc2OC)c2ccc(-c3ccnc4ccc(F)cc34)cc2)ccc1Cl. The summed E-state index contributed by atoms with van der Waals surface area (Å²) in [6.45, 7) is 0. The Balaban J connectivity index is 1.50. The normalized spacial score (nSPS) is 11.7. The lowest BCUT2D eigenvalue weighted by atomic mass is 9.89. The van der Waals surface area contributed by atoms with Crippen LogP contribution in [-0.4, -0.2) is 25.1 Å². The molecule has 7 heteroatoms. The molecule has 5 nitrogen and oxygen atoms in total. The van der Waals surface area contributed by atoms with Gasteiger partial charge in [0.05, 0.1) is 30.7 Å². The minimum absolute atomic E-state index is 0.186. The lowest BCUT2D eigenvalue weighted by Gasteiger charge is -2.20. The van der Waals surface area contributed by atoms with Gasteiger partial charge in [-0.2, -0.15) is 0 Å². The molecule has 0 aliphatic heterocycles. The van der Waals surface area contributed by atoms with E-state index in [-0.39, 0.29) is 11.7 Å². The summed E-state index contributed by atoms with van der Waals surface area (Å²) in [4.78, 5) is 18.0. The lowest BCUT2D eigenvalue weighted by Crippen LogP contribution is -2.23. The Bertz CT molecular complexity index is 1640. The molecular formula is C32H26ClFN2O3. The number of amides is 1. The summed E-state index contributed by atoms with van der Waals surface area (Å²) in [5, 5.41) is 4.19. The first-order valence-corrected chi connectivity index (χ1v) is 12.8. The van der Waals surface area contributed by atoms with Gasteiger partial charge in [0.25, 0.3) is 0 Å². The van der Waals surface area contributed by atoms with Crippen molar-refractivity contribution in [3.8, 4) is 22.6 Å². The third-order valence-electron chi connectivity index (χ3n) is 6.68. The first-order valence-electron chi connectivity index (χ1n) is 12.4. The third-order valence-corrected chi connectivity index (χ3v) is 6.99. The number of methoxy groups -OCH3 is 2. The van der Waals surface area contributed by atoms with Crippen molar-refractivity contribution in [1.29, 1.82) is 0 Å². The molecule has 1 heterocycles. The largest absolute Gasteiger partial charge is 0.496 e. The van der Waals surface area contributed by atoms with Crippen LogP contribution in [0.2, 0.25) is 5.02 Å². The van der Waals surface area contributed by atoms with Gasteiger partial charge in [0.15, 0.2) is 0 Å². The molecule has 39 heavy (non-hydrogen) atoms. The average molecular weight is 541 g/mol. The predicted molar refractivity (Wildman–Crippen MR) is 153 cm³/mol. The summed E-state index contributed by atoms with van der Waals surface area (Å²) >= 11 is 6.17. The summed E-state index contributed by atoms with van der Waals surface area (Å²) in [6, 6.07) is 27.0. The summed E-state index contributed by atoms with van der Waals surface area (Å²) in [6.07, 6.45) is 2.13. The monoisotopic (exact) mass is 540 g/mol. The Morgan fingerprint density at radius 2 is 1.69 bits per heavy atom. The van der Waals surface area contributed by atoms with Crippen molar-refractivity contribution in [2.75, 3.05) is 19.5 Å². The number of halogens is 2.